The second kappa shape index (κ2) is 6.83. The van der Waals surface area contributed by atoms with Crippen molar-refractivity contribution in [2.45, 2.75) is 19.4 Å². The van der Waals surface area contributed by atoms with Gasteiger partial charge in [0.15, 0.2) is 0 Å². The average Bonchev–Trinajstić information content (AvgIpc) is 2.46. The summed E-state index contributed by atoms with van der Waals surface area (Å²) in [6.07, 6.45) is 4.89. The smallest absolute Gasteiger partial charge is 0.0300 e. The maximum Gasteiger partial charge on any atom is 0.0300 e. The fourth-order valence-corrected chi connectivity index (χ4v) is 2.41. The Morgan fingerprint density at radius 3 is 2.72 bits per heavy atom. The predicted molar refractivity (Wildman–Crippen MR) is 74.5 cm³/mol. The molecule has 0 saturated carbocycles. The Morgan fingerprint density at radius 1 is 1.33 bits per heavy atom. The molecule has 1 aliphatic rings. The van der Waals surface area contributed by atoms with Crippen LogP contribution >= 0.6 is 0 Å². The standard InChI is InChI=1S/C14H24N4/c1-13(11-15)18-9-7-17(8-10-18)6-4-14-3-2-5-16-12-14/h2-3,5,12-13H,4,6-11,15H2,1H3. The molecule has 100 valence electrons. The van der Waals surface area contributed by atoms with Gasteiger partial charge >= 0.3 is 0 Å². The molecule has 0 aliphatic carbocycles. The number of pyridine rings is 1. The second-order valence-corrected chi connectivity index (χ2v) is 5.07. The summed E-state index contributed by atoms with van der Waals surface area (Å²) in [4.78, 5) is 9.18. The van der Waals surface area contributed by atoms with Crippen LogP contribution in [-0.4, -0.2) is 60.1 Å². The molecule has 0 radical (unpaired) electrons. The first-order valence-corrected chi connectivity index (χ1v) is 6.85. The largest absolute Gasteiger partial charge is 0.329 e. The molecule has 1 aromatic rings. The molecule has 4 nitrogen and oxygen atoms in total. The molecular formula is C14H24N4. The van der Waals surface area contributed by atoms with Gasteiger partial charge in [-0.05, 0) is 25.0 Å². The molecule has 1 fully saturated rings. The summed E-state index contributed by atoms with van der Waals surface area (Å²) in [5, 5.41) is 0. The van der Waals surface area contributed by atoms with E-state index >= 15 is 0 Å². The molecule has 1 saturated heterocycles. The molecule has 2 N–H and O–H groups in total. The topological polar surface area (TPSA) is 45.4 Å². The molecular weight excluding hydrogens is 224 g/mol. The summed E-state index contributed by atoms with van der Waals surface area (Å²) in [5.74, 6) is 0. The van der Waals surface area contributed by atoms with Crippen LogP contribution in [0.15, 0.2) is 24.5 Å². The SMILES string of the molecule is CC(CN)N1CCN(CCc2cccnc2)CC1. The first-order chi connectivity index (χ1) is 8.79. The van der Waals surface area contributed by atoms with Crippen LogP contribution in [0.5, 0.6) is 0 Å². The lowest BCUT2D eigenvalue weighted by molar-refractivity contribution is 0.106. The molecule has 18 heavy (non-hydrogen) atoms. The Labute approximate surface area is 110 Å². The molecule has 0 spiro atoms. The van der Waals surface area contributed by atoms with Crippen LogP contribution in [-0.2, 0) is 6.42 Å². The third-order valence-corrected chi connectivity index (χ3v) is 3.81. The third-order valence-electron chi connectivity index (χ3n) is 3.81. The van der Waals surface area contributed by atoms with E-state index < -0.39 is 0 Å². The highest BCUT2D eigenvalue weighted by Gasteiger charge is 2.19. The van der Waals surface area contributed by atoms with Crippen LogP contribution in [0, 0.1) is 0 Å². The van der Waals surface area contributed by atoms with E-state index in [1.54, 1.807) is 0 Å². The van der Waals surface area contributed by atoms with Crippen LogP contribution in [0.2, 0.25) is 0 Å². The minimum Gasteiger partial charge on any atom is -0.329 e. The second-order valence-electron chi connectivity index (χ2n) is 5.07. The van der Waals surface area contributed by atoms with Gasteiger partial charge in [0.1, 0.15) is 0 Å². The van der Waals surface area contributed by atoms with Crippen LogP contribution in [0.4, 0.5) is 0 Å². The maximum absolute atomic E-state index is 5.71. The van der Waals surface area contributed by atoms with Gasteiger partial charge in [-0.15, -0.1) is 0 Å². The quantitative estimate of drug-likeness (QED) is 0.828. The first kappa shape index (κ1) is 13.5. The van der Waals surface area contributed by atoms with E-state index in [1.807, 2.05) is 18.5 Å². The van der Waals surface area contributed by atoms with Crippen molar-refractivity contribution in [3.8, 4) is 0 Å². The lowest BCUT2D eigenvalue weighted by atomic mass is 10.2. The van der Waals surface area contributed by atoms with Gasteiger partial charge in [-0.25, -0.2) is 0 Å². The number of aromatic nitrogens is 1. The van der Waals surface area contributed by atoms with E-state index in [2.05, 4.69) is 27.8 Å². The zero-order chi connectivity index (χ0) is 12.8. The maximum atomic E-state index is 5.71. The summed E-state index contributed by atoms with van der Waals surface area (Å²) < 4.78 is 0. The van der Waals surface area contributed by atoms with E-state index in [9.17, 15) is 0 Å². The summed E-state index contributed by atoms with van der Waals surface area (Å²) >= 11 is 0. The van der Waals surface area contributed by atoms with Gasteiger partial charge in [-0.3, -0.25) is 9.88 Å². The zero-order valence-electron chi connectivity index (χ0n) is 11.3. The highest BCUT2D eigenvalue weighted by molar-refractivity contribution is 5.08. The Hall–Kier alpha value is -0.970. The van der Waals surface area contributed by atoms with Crippen molar-refractivity contribution in [2.24, 2.45) is 5.73 Å². The van der Waals surface area contributed by atoms with Gasteiger partial charge < -0.3 is 10.6 Å². The van der Waals surface area contributed by atoms with Crippen LogP contribution in [0.25, 0.3) is 0 Å². The van der Waals surface area contributed by atoms with Gasteiger partial charge in [-0.2, -0.15) is 0 Å². The minimum atomic E-state index is 0.519. The van der Waals surface area contributed by atoms with Crippen LogP contribution in [0.1, 0.15) is 12.5 Å². The van der Waals surface area contributed by atoms with Crippen molar-refractivity contribution in [1.29, 1.82) is 0 Å². The van der Waals surface area contributed by atoms with Crippen molar-refractivity contribution in [3.05, 3.63) is 30.1 Å². The number of hydrogen-bond acceptors (Lipinski definition) is 4. The molecule has 1 unspecified atom stereocenters. The van der Waals surface area contributed by atoms with Gasteiger partial charge in [0.25, 0.3) is 0 Å². The van der Waals surface area contributed by atoms with E-state index in [0.717, 1.165) is 45.7 Å². The van der Waals surface area contributed by atoms with Gasteiger partial charge in [0.2, 0.25) is 0 Å². The molecule has 0 aromatic carbocycles. The molecule has 2 heterocycles. The fourth-order valence-electron chi connectivity index (χ4n) is 2.41. The van der Waals surface area contributed by atoms with E-state index in [1.165, 1.54) is 5.56 Å². The average molecular weight is 248 g/mol. The van der Waals surface area contributed by atoms with Crippen LogP contribution < -0.4 is 5.73 Å². The van der Waals surface area contributed by atoms with Crippen molar-refractivity contribution >= 4 is 0 Å². The lowest BCUT2D eigenvalue weighted by Gasteiger charge is -2.37. The molecule has 4 heteroatoms. The molecule has 2 rings (SSSR count). The van der Waals surface area contributed by atoms with Crippen molar-refractivity contribution < 1.29 is 0 Å². The predicted octanol–water partition coefficient (Wildman–Crippen LogP) is 0.589. The molecule has 1 aliphatic heterocycles. The molecule has 1 atom stereocenters. The van der Waals surface area contributed by atoms with E-state index in [-0.39, 0.29) is 0 Å². The number of piperazine rings is 1. The highest BCUT2D eigenvalue weighted by Crippen LogP contribution is 2.07. The van der Waals surface area contributed by atoms with Gasteiger partial charge in [0, 0.05) is 57.7 Å². The van der Waals surface area contributed by atoms with Crippen molar-refractivity contribution in [1.82, 2.24) is 14.8 Å². The first-order valence-electron chi connectivity index (χ1n) is 6.85. The van der Waals surface area contributed by atoms with Crippen molar-refractivity contribution in [3.63, 3.8) is 0 Å². The molecule has 0 amide bonds. The number of hydrogen-bond donors (Lipinski definition) is 1. The van der Waals surface area contributed by atoms with E-state index in [4.69, 9.17) is 5.73 Å². The highest BCUT2D eigenvalue weighted by atomic mass is 15.3. The Balaban J connectivity index is 1.71. The summed E-state index contributed by atoms with van der Waals surface area (Å²) in [7, 11) is 0. The van der Waals surface area contributed by atoms with Crippen molar-refractivity contribution in [2.75, 3.05) is 39.3 Å². The fraction of sp³-hybridized carbons (Fsp3) is 0.643. The zero-order valence-corrected chi connectivity index (χ0v) is 11.3. The Bertz CT molecular complexity index is 333. The molecule has 1 aromatic heterocycles. The van der Waals surface area contributed by atoms with E-state index in [0.29, 0.717) is 6.04 Å². The third kappa shape index (κ3) is 3.77. The number of nitrogens with two attached hydrogens (primary N) is 1. The van der Waals surface area contributed by atoms with Gasteiger partial charge in [-0.1, -0.05) is 6.07 Å². The normalized spacial score (nSPS) is 19.9. The summed E-state index contributed by atoms with van der Waals surface area (Å²) in [5.41, 5.74) is 7.04. The number of rotatable bonds is 5. The van der Waals surface area contributed by atoms with Gasteiger partial charge in [0.05, 0.1) is 0 Å². The summed E-state index contributed by atoms with van der Waals surface area (Å²) in [6.45, 7) is 8.71. The molecule has 0 bridgehead atoms. The monoisotopic (exact) mass is 248 g/mol. The van der Waals surface area contributed by atoms with Crippen LogP contribution in [0.3, 0.4) is 0 Å². The Morgan fingerprint density at radius 2 is 2.11 bits per heavy atom. The number of nitrogens with zero attached hydrogens (tertiary/aromatic N) is 3. The minimum absolute atomic E-state index is 0.519. The summed E-state index contributed by atoms with van der Waals surface area (Å²) in [6, 6.07) is 4.68. The Kier molecular flexibility index (Phi) is 5.11. The lowest BCUT2D eigenvalue weighted by Crippen LogP contribution is -2.51.